The van der Waals surface area contributed by atoms with E-state index >= 15 is 0 Å². The van der Waals surface area contributed by atoms with Gasteiger partial charge in [0.15, 0.2) is 0 Å². The zero-order valence-electron chi connectivity index (χ0n) is 28.9. The van der Waals surface area contributed by atoms with Crippen molar-refractivity contribution < 1.29 is 9.47 Å². The predicted octanol–water partition coefficient (Wildman–Crippen LogP) is 9.99. The van der Waals surface area contributed by atoms with Gasteiger partial charge in [-0.25, -0.2) is 0 Å². The summed E-state index contributed by atoms with van der Waals surface area (Å²) >= 11 is 0. The zero-order valence-corrected chi connectivity index (χ0v) is 28.9. The van der Waals surface area contributed by atoms with Crippen molar-refractivity contribution in [3.8, 4) is 0 Å². The monoisotopic (exact) mass is 650 g/mol. The lowest BCUT2D eigenvalue weighted by atomic mass is 9.87. The standard InChI is InChI=1S/C45H50N2O2/c1-46-32-42(40-26-24-34-16-10-12-22-38(34)30-40)44(36-18-6-3-7-19-36)48-28-14-5-15-29-49-45(37-20-8-4-9-21-37)43(33-47-2)41-27-25-35-17-11-13-23-39(35)31-41/h3-4,6-13,16-27,30-31,42-47H,5,14-15,28-29,32-33H2,1-2H3/t42-,43-,44-,45?/m0/s1. The average molecular weight is 651 g/mol. The molecule has 0 bridgehead atoms. The van der Waals surface area contributed by atoms with Gasteiger partial charge in [0, 0.05) is 38.1 Å². The quantitative estimate of drug-likeness (QED) is 0.0909. The molecule has 0 saturated carbocycles. The topological polar surface area (TPSA) is 42.5 Å². The van der Waals surface area contributed by atoms with E-state index in [0.29, 0.717) is 13.2 Å². The summed E-state index contributed by atoms with van der Waals surface area (Å²) in [6.07, 6.45) is 2.92. The maximum Gasteiger partial charge on any atom is 0.0905 e. The summed E-state index contributed by atoms with van der Waals surface area (Å²) in [6, 6.07) is 52.2. The van der Waals surface area contributed by atoms with Crippen LogP contribution in [-0.2, 0) is 9.47 Å². The molecule has 4 heteroatoms. The fourth-order valence-corrected chi connectivity index (χ4v) is 7.09. The minimum absolute atomic E-state index is 0.0437. The second-order valence-corrected chi connectivity index (χ2v) is 13.0. The van der Waals surface area contributed by atoms with E-state index in [-0.39, 0.29) is 24.0 Å². The maximum atomic E-state index is 6.78. The molecular weight excluding hydrogens is 601 g/mol. The fraction of sp³-hybridized carbons (Fsp3) is 0.289. The molecule has 49 heavy (non-hydrogen) atoms. The maximum absolute atomic E-state index is 6.78. The summed E-state index contributed by atoms with van der Waals surface area (Å²) in [6.45, 7) is 3.07. The van der Waals surface area contributed by atoms with Crippen LogP contribution in [0.4, 0.5) is 0 Å². The van der Waals surface area contributed by atoms with Crippen molar-refractivity contribution in [2.45, 2.75) is 43.3 Å². The molecule has 6 aromatic carbocycles. The average Bonchev–Trinajstić information content (AvgIpc) is 3.16. The molecule has 6 rings (SSSR count). The molecule has 0 aliphatic heterocycles. The van der Waals surface area contributed by atoms with Gasteiger partial charge >= 0.3 is 0 Å². The third-order valence-corrected chi connectivity index (χ3v) is 9.62. The highest BCUT2D eigenvalue weighted by atomic mass is 16.5. The molecule has 4 nitrogen and oxygen atoms in total. The first kappa shape index (κ1) is 34.5. The van der Waals surface area contributed by atoms with Gasteiger partial charge in [-0.3, -0.25) is 0 Å². The van der Waals surface area contributed by atoms with Crippen LogP contribution in [0, 0.1) is 0 Å². The van der Waals surface area contributed by atoms with Crippen molar-refractivity contribution in [2.24, 2.45) is 0 Å². The molecule has 4 atom stereocenters. The summed E-state index contributed by atoms with van der Waals surface area (Å²) in [5.74, 6) is 0.373. The number of benzene rings is 6. The van der Waals surface area contributed by atoms with Crippen LogP contribution in [0.2, 0.25) is 0 Å². The Morgan fingerprint density at radius 3 is 1.20 bits per heavy atom. The van der Waals surface area contributed by atoms with Crippen LogP contribution in [-0.4, -0.2) is 40.4 Å². The summed E-state index contributed by atoms with van der Waals surface area (Å²) in [4.78, 5) is 0. The number of unbranched alkanes of at least 4 members (excludes halogenated alkanes) is 2. The smallest absolute Gasteiger partial charge is 0.0905 e. The summed E-state index contributed by atoms with van der Waals surface area (Å²) < 4.78 is 13.6. The van der Waals surface area contributed by atoms with Crippen molar-refractivity contribution >= 4 is 21.5 Å². The second kappa shape index (κ2) is 17.9. The summed E-state index contributed by atoms with van der Waals surface area (Å²) in [7, 11) is 4.06. The van der Waals surface area contributed by atoms with E-state index in [4.69, 9.17) is 9.47 Å². The van der Waals surface area contributed by atoms with E-state index in [1.54, 1.807) is 0 Å². The Labute approximate surface area is 292 Å². The molecular formula is C45H50N2O2. The lowest BCUT2D eigenvalue weighted by Gasteiger charge is -2.29. The number of likely N-dealkylation sites (N-methyl/N-ethyl adjacent to an activating group) is 2. The molecule has 252 valence electrons. The lowest BCUT2D eigenvalue weighted by molar-refractivity contribution is 0.0204. The zero-order chi connectivity index (χ0) is 33.7. The first-order valence-corrected chi connectivity index (χ1v) is 17.8. The molecule has 0 fully saturated rings. The number of ether oxygens (including phenoxy) is 2. The SMILES string of the molecule is CNC[C@@H](c1ccc2ccccc2c1)C(OCCCCCO[C@@H](c1ccccc1)[C@@H](CNC)c1ccc2ccccc2c1)c1ccccc1. The van der Waals surface area contributed by atoms with Crippen LogP contribution in [0.3, 0.4) is 0 Å². The van der Waals surface area contributed by atoms with Crippen LogP contribution < -0.4 is 10.6 Å². The Balaban J connectivity index is 1.10. The largest absolute Gasteiger partial charge is 0.373 e. The molecule has 0 saturated heterocycles. The van der Waals surface area contributed by atoms with Crippen molar-refractivity contribution in [2.75, 3.05) is 40.4 Å². The van der Waals surface area contributed by atoms with Crippen LogP contribution >= 0.6 is 0 Å². The van der Waals surface area contributed by atoms with Gasteiger partial charge in [-0.15, -0.1) is 0 Å². The highest BCUT2D eigenvalue weighted by molar-refractivity contribution is 5.84. The highest BCUT2D eigenvalue weighted by Crippen LogP contribution is 2.37. The molecule has 0 spiro atoms. The minimum Gasteiger partial charge on any atom is -0.373 e. The number of hydrogen-bond acceptors (Lipinski definition) is 4. The molecule has 0 heterocycles. The van der Waals surface area contributed by atoms with Gasteiger partial charge in [-0.2, -0.15) is 0 Å². The van der Waals surface area contributed by atoms with Gasteiger partial charge in [-0.05, 0) is 77.2 Å². The van der Waals surface area contributed by atoms with E-state index in [2.05, 4.69) is 156 Å². The van der Waals surface area contributed by atoms with Crippen LogP contribution in [0.1, 0.15) is 65.6 Å². The van der Waals surface area contributed by atoms with Crippen molar-refractivity contribution in [1.82, 2.24) is 10.6 Å². The van der Waals surface area contributed by atoms with E-state index in [0.717, 1.165) is 32.4 Å². The van der Waals surface area contributed by atoms with E-state index in [1.807, 2.05) is 14.1 Å². The van der Waals surface area contributed by atoms with Crippen molar-refractivity contribution in [3.63, 3.8) is 0 Å². The Hall–Kier alpha value is -4.32. The van der Waals surface area contributed by atoms with E-state index in [1.165, 1.54) is 43.8 Å². The highest BCUT2D eigenvalue weighted by Gasteiger charge is 2.27. The van der Waals surface area contributed by atoms with Gasteiger partial charge in [0.2, 0.25) is 0 Å². The third-order valence-electron chi connectivity index (χ3n) is 9.62. The minimum atomic E-state index is -0.0437. The molecule has 0 aromatic heterocycles. The lowest BCUT2D eigenvalue weighted by Crippen LogP contribution is -2.25. The molecule has 0 amide bonds. The summed E-state index contributed by atoms with van der Waals surface area (Å²) in [5.41, 5.74) is 5.03. The van der Waals surface area contributed by atoms with Gasteiger partial charge in [0.1, 0.15) is 0 Å². The fourth-order valence-electron chi connectivity index (χ4n) is 7.09. The van der Waals surface area contributed by atoms with E-state index in [9.17, 15) is 0 Å². The van der Waals surface area contributed by atoms with Gasteiger partial charge in [0.05, 0.1) is 12.2 Å². The van der Waals surface area contributed by atoms with Crippen LogP contribution in [0.25, 0.3) is 21.5 Å². The van der Waals surface area contributed by atoms with Crippen LogP contribution in [0.5, 0.6) is 0 Å². The Morgan fingerprint density at radius 2 is 0.796 bits per heavy atom. The molecule has 1 unspecified atom stereocenters. The Morgan fingerprint density at radius 1 is 0.408 bits per heavy atom. The first-order valence-electron chi connectivity index (χ1n) is 17.8. The van der Waals surface area contributed by atoms with Crippen LogP contribution in [0.15, 0.2) is 146 Å². The van der Waals surface area contributed by atoms with Gasteiger partial charge in [0.25, 0.3) is 0 Å². The second-order valence-electron chi connectivity index (χ2n) is 13.0. The summed E-state index contributed by atoms with van der Waals surface area (Å²) in [5, 5.41) is 11.9. The molecule has 0 aliphatic rings. The van der Waals surface area contributed by atoms with Gasteiger partial charge < -0.3 is 20.1 Å². The number of nitrogens with one attached hydrogen (secondary N) is 2. The predicted molar refractivity (Wildman–Crippen MR) is 205 cm³/mol. The van der Waals surface area contributed by atoms with E-state index < -0.39 is 0 Å². The molecule has 0 aliphatic carbocycles. The Kier molecular flexibility index (Phi) is 12.6. The van der Waals surface area contributed by atoms with Crippen molar-refractivity contribution in [3.05, 3.63) is 168 Å². The molecule has 6 aromatic rings. The number of rotatable bonds is 18. The first-order chi connectivity index (χ1) is 24.2. The normalized spacial score (nSPS) is 14.1. The van der Waals surface area contributed by atoms with Gasteiger partial charge in [-0.1, -0.05) is 146 Å². The molecule has 2 N–H and O–H groups in total. The molecule has 0 radical (unpaired) electrons. The number of fused-ring (bicyclic) bond motifs is 2. The number of hydrogen-bond donors (Lipinski definition) is 2. The van der Waals surface area contributed by atoms with Crippen molar-refractivity contribution in [1.29, 1.82) is 0 Å². The Bertz CT molecular complexity index is 1720. The third kappa shape index (κ3) is 9.03.